The second-order valence-corrected chi connectivity index (χ2v) is 6.15. The van der Waals surface area contributed by atoms with Crippen LogP contribution in [0.4, 0.5) is 0 Å². The fourth-order valence-corrected chi connectivity index (χ4v) is 3.18. The van der Waals surface area contributed by atoms with Gasteiger partial charge in [-0.2, -0.15) is 0 Å². The maximum absolute atomic E-state index is 10.4. The molecule has 0 aliphatic heterocycles. The van der Waals surface area contributed by atoms with Gasteiger partial charge < -0.3 is 10.1 Å². The molecule has 0 aromatic heterocycles. The minimum absolute atomic E-state index is 0.559. The molecule has 1 fully saturated rings. The number of hydrogen-bond acceptors (Lipinski definition) is 2. The van der Waals surface area contributed by atoms with Gasteiger partial charge in [-0.05, 0) is 36.0 Å². The van der Waals surface area contributed by atoms with Crippen molar-refractivity contribution in [3.05, 3.63) is 54.1 Å². The average Bonchev–Trinajstić information content (AvgIpc) is 3.12. The standard InChI is InChI=1S/C20H23NO2/c22-15-21-13-16-9-11-18(12-10-16)19-7-3-4-8-20(19)23-14-17-5-1-2-6-17/h3-4,7-12,15,17H,1-2,5-6,13-14H2,(H,21,22). The summed E-state index contributed by atoms with van der Waals surface area (Å²) in [6.45, 7) is 1.38. The van der Waals surface area contributed by atoms with Crippen molar-refractivity contribution in [1.82, 2.24) is 5.32 Å². The van der Waals surface area contributed by atoms with Crippen LogP contribution in [0.15, 0.2) is 48.5 Å². The summed E-state index contributed by atoms with van der Waals surface area (Å²) in [4.78, 5) is 10.4. The molecular weight excluding hydrogens is 286 g/mol. The van der Waals surface area contributed by atoms with Crippen LogP contribution in [0.5, 0.6) is 5.75 Å². The second kappa shape index (κ2) is 7.82. The van der Waals surface area contributed by atoms with Gasteiger partial charge in [-0.15, -0.1) is 0 Å². The molecule has 0 saturated heterocycles. The van der Waals surface area contributed by atoms with Gasteiger partial charge in [0.05, 0.1) is 6.61 Å². The fraction of sp³-hybridized carbons (Fsp3) is 0.350. The van der Waals surface area contributed by atoms with E-state index >= 15 is 0 Å². The van der Waals surface area contributed by atoms with Gasteiger partial charge in [-0.3, -0.25) is 4.79 Å². The smallest absolute Gasteiger partial charge is 0.207 e. The van der Waals surface area contributed by atoms with Gasteiger partial charge in [-0.1, -0.05) is 55.3 Å². The van der Waals surface area contributed by atoms with Crippen LogP contribution in [0.2, 0.25) is 0 Å². The van der Waals surface area contributed by atoms with Crippen molar-refractivity contribution in [3.8, 4) is 16.9 Å². The number of hydrogen-bond donors (Lipinski definition) is 1. The SMILES string of the molecule is O=CNCc1ccc(-c2ccccc2OCC2CCCC2)cc1. The Morgan fingerprint density at radius 1 is 1.04 bits per heavy atom. The van der Waals surface area contributed by atoms with E-state index in [0.717, 1.165) is 35.5 Å². The second-order valence-electron chi connectivity index (χ2n) is 6.15. The average molecular weight is 309 g/mol. The topological polar surface area (TPSA) is 38.3 Å². The van der Waals surface area contributed by atoms with E-state index in [-0.39, 0.29) is 0 Å². The summed E-state index contributed by atoms with van der Waals surface area (Å²) in [6.07, 6.45) is 5.99. The Labute approximate surface area is 137 Å². The predicted molar refractivity (Wildman–Crippen MR) is 92.2 cm³/mol. The van der Waals surface area contributed by atoms with E-state index in [0.29, 0.717) is 12.5 Å². The molecule has 0 unspecified atom stereocenters. The van der Waals surface area contributed by atoms with Gasteiger partial charge in [0.15, 0.2) is 0 Å². The molecule has 0 atom stereocenters. The quantitative estimate of drug-likeness (QED) is 0.780. The zero-order valence-electron chi connectivity index (χ0n) is 13.3. The number of carbonyl (C=O) groups excluding carboxylic acids is 1. The monoisotopic (exact) mass is 309 g/mol. The van der Waals surface area contributed by atoms with Gasteiger partial charge in [-0.25, -0.2) is 0 Å². The molecule has 0 bridgehead atoms. The van der Waals surface area contributed by atoms with Gasteiger partial charge in [0.2, 0.25) is 6.41 Å². The van der Waals surface area contributed by atoms with Crippen molar-refractivity contribution < 1.29 is 9.53 Å². The van der Waals surface area contributed by atoms with Crippen LogP contribution in [0.3, 0.4) is 0 Å². The van der Waals surface area contributed by atoms with Crippen LogP contribution in [0.1, 0.15) is 31.2 Å². The lowest BCUT2D eigenvalue weighted by Crippen LogP contribution is -2.09. The first kappa shape index (κ1) is 15.6. The van der Waals surface area contributed by atoms with Crippen molar-refractivity contribution in [1.29, 1.82) is 0 Å². The van der Waals surface area contributed by atoms with E-state index in [2.05, 4.69) is 23.5 Å². The van der Waals surface area contributed by atoms with Gasteiger partial charge in [0.1, 0.15) is 5.75 Å². The van der Waals surface area contributed by atoms with Crippen molar-refractivity contribution in [2.75, 3.05) is 6.61 Å². The zero-order chi connectivity index (χ0) is 15.9. The number of nitrogens with one attached hydrogen (secondary N) is 1. The van der Waals surface area contributed by atoms with Gasteiger partial charge in [0, 0.05) is 12.1 Å². The Morgan fingerprint density at radius 3 is 2.52 bits per heavy atom. The van der Waals surface area contributed by atoms with Crippen LogP contribution < -0.4 is 10.1 Å². The third kappa shape index (κ3) is 4.13. The summed E-state index contributed by atoms with van der Waals surface area (Å²) < 4.78 is 6.11. The number of amides is 1. The van der Waals surface area contributed by atoms with Crippen LogP contribution in [0.25, 0.3) is 11.1 Å². The summed E-state index contributed by atoms with van der Waals surface area (Å²) in [5.41, 5.74) is 3.35. The minimum atomic E-state index is 0.559. The van der Waals surface area contributed by atoms with Crippen molar-refractivity contribution in [3.63, 3.8) is 0 Å². The number of rotatable bonds is 7. The predicted octanol–water partition coefficient (Wildman–Crippen LogP) is 4.17. The fourth-order valence-electron chi connectivity index (χ4n) is 3.18. The molecule has 120 valence electrons. The molecule has 1 amide bonds. The van der Waals surface area contributed by atoms with Crippen molar-refractivity contribution in [2.45, 2.75) is 32.2 Å². The molecule has 1 aliphatic rings. The highest BCUT2D eigenvalue weighted by Gasteiger charge is 2.16. The lowest BCUT2D eigenvalue weighted by Gasteiger charge is -2.15. The summed E-state index contributed by atoms with van der Waals surface area (Å²) in [5.74, 6) is 1.66. The Morgan fingerprint density at radius 2 is 1.78 bits per heavy atom. The zero-order valence-corrected chi connectivity index (χ0v) is 13.3. The van der Waals surface area contributed by atoms with Crippen molar-refractivity contribution in [2.24, 2.45) is 5.92 Å². The highest BCUT2D eigenvalue weighted by Crippen LogP contribution is 2.32. The maximum Gasteiger partial charge on any atom is 0.207 e. The normalized spacial score (nSPS) is 14.6. The van der Waals surface area contributed by atoms with E-state index in [1.54, 1.807) is 0 Å². The number of benzene rings is 2. The van der Waals surface area contributed by atoms with Gasteiger partial charge in [0.25, 0.3) is 0 Å². The maximum atomic E-state index is 10.4. The lowest BCUT2D eigenvalue weighted by molar-refractivity contribution is -0.109. The van der Waals surface area contributed by atoms with Gasteiger partial charge >= 0.3 is 0 Å². The molecule has 1 saturated carbocycles. The molecule has 1 aliphatic carbocycles. The summed E-state index contributed by atoms with van der Waals surface area (Å²) >= 11 is 0. The first-order valence-electron chi connectivity index (χ1n) is 8.35. The van der Waals surface area contributed by atoms with Crippen LogP contribution in [-0.2, 0) is 11.3 Å². The van der Waals surface area contributed by atoms with E-state index in [1.807, 2.05) is 30.3 Å². The first-order valence-corrected chi connectivity index (χ1v) is 8.35. The lowest BCUT2D eigenvalue weighted by atomic mass is 10.0. The Hall–Kier alpha value is -2.29. The molecule has 0 spiro atoms. The number of carbonyl (C=O) groups is 1. The Balaban J connectivity index is 1.72. The highest BCUT2D eigenvalue weighted by molar-refractivity contribution is 5.70. The summed E-state index contributed by atoms with van der Waals surface area (Å²) in [5, 5.41) is 2.68. The van der Waals surface area contributed by atoms with E-state index in [9.17, 15) is 4.79 Å². The largest absolute Gasteiger partial charge is 0.493 e. The molecular formula is C20H23NO2. The van der Waals surface area contributed by atoms with Crippen LogP contribution in [0, 0.1) is 5.92 Å². The first-order chi connectivity index (χ1) is 11.4. The molecule has 0 heterocycles. The summed E-state index contributed by atoms with van der Waals surface area (Å²) in [7, 11) is 0. The highest BCUT2D eigenvalue weighted by atomic mass is 16.5. The Kier molecular flexibility index (Phi) is 5.30. The third-order valence-corrected chi connectivity index (χ3v) is 4.49. The van der Waals surface area contributed by atoms with E-state index in [1.165, 1.54) is 25.7 Å². The number of para-hydroxylation sites is 1. The Bertz CT molecular complexity index is 630. The molecule has 23 heavy (non-hydrogen) atoms. The molecule has 3 heteroatoms. The van der Waals surface area contributed by atoms with E-state index < -0.39 is 0 Å². The minimum Gasteiger partial charge on any atom is -0.493 e. The van der Waals surface area contributed by atoms with Crippen LogP contribution >= 0.6 is 0 Å². The number of ether oxygens (including phenoxy) is 1. The molecule has 2 aromatic carbocycles. The molecule has 3 rings (SSSR count). The summed E-state index contributed by atoms with van der Waals surface area (Å²) in [6, 6.07) is 16.5. The molecule has 0 radical (unpaired) electrons. The third-order valence-electron chi connectivity index (χ3n) is 4.49. The molecule has 2 aromatic rings. The van der Waals surface area contributed by atoms with E-state index in [4.69, 9.17) is 4.74 Å². The molecule has 3 nitrogen and oxygen atoms in total. The molecule has 1 N–H and O–H groups in total. The van der Waals surface area contributed by atoms with Crippen molar-refractivity contribution >= 4 is 6.41 Å². The van der Waals surface area contributed by atoms with Crippen LogP contribution in [-0.4, -0.2) is 13.0 Å².